The summed E-state index contributed by atoms with van der Waals surface area (Å²) in [6, 6.07) is 11.2. The molecule has 0 aliphatic heterocycles. The number of thiophene rings is 1. The summed E-state index contributed by atoms with van der Waals surface area (Å²) in [6.07, 6.45) is 3.41. The molecule has 0 radical (unpaired) electrons. The van der Waals surface area contributed by atoms with Crippen molar-refractivity contribution in [2.45, 2.75) is 6.54 Å². The number of carbonyl (C=O) groups excluding carboxylic acids is 1. The molecule has 0 bridgehead atoms. The Hall–Kier alpha value is -3.50. The molecule has 0 aliphatic carbocycles. The van der Waals surface area contributed by atoms with Gasteiger partial charge in [-0.05, 0) is 29.8 Å². The van der Waals surface area contributed by atoms with E-state index >= 15 is 0 Å². The second-order valence-corrected chi connectivity index (χ2v) is 7.98. The number of hydrogen-bond acceptors (Lipinski definition) is 8. The van der Waals surface area contributed by atoms with Gasteiger partial charge in [0, 0.05) is 6.20 Å². The first-order valence-electron chi connectivity index (χ1n) is 9.08. The highest BCUT2D eigenvalue weighted by molar-refractivity contribution is 7.17. The summed E-state index contributed by atoms with van der Waals surface area (Å²) in [6.45, 7) is 0.257. The SMILES string of the molecule is COc1ncc(-c2ccc(-n3cc(CNC(=O)c4ccc(Cl)s4)nn3)cc2)c(OC)n1. The minimum atomic E-state index is -0.202. The highest BCUT2D eigenvalue weighted by Gasteiger charge is 2.12. The molecule has 31 heavy (non-hydrogen) atoms. The number of nitrogens with one attached hydrogen (secondary N) is 1. The van der Waals surface area contributed by atoms with Crippen molar-refractivity contribution in [3.05, 3.63) is 63.7 Å². The number of halogens is 1. The van der Waals surface area contributed by atoms with E-state index in [1.165, 1.54) is 18.4 Å². The normalized spacial score (nSPS) is 10.7. The number of hydrogen-bond donors (Lipinski definition) is 1. The van der Waals surface area contributed by atoms with Gasteiger partial charge in [-0.15, -0.1) is 16.4 Å². The van der Waals surface area contributed by atoms with E-state index < -0.39 is 0 Å². The van der Waals surface area contributed by atoms with Gasteiger partial charge in [-0.1, -0.05) is 28.9 Å². The van der Waals surface area contributed by atoms with Gasteiger partial charge in [0.05, 0.1) is 47.4 Å². The van der Waals surface area contributed by atoms with Gasteiger partial charge in [-0.3, -0.25) is 4.79 Å². The monoisotopic (exact) mass is 456 g/mol. The number of aromatic nitrogens is 5. The third-order valence-corrected chi connectivity index (χ3v) is 5.55. The van der Waals surface area contributed by atoms with Crippen molar-refractivity contribution in [1.82, 2.24) is 30.3 Å². The summed E-state index contributed by atoms with van der Waals surface area (Å²) in [5, 5.41) is 11.0. The second kappa shape index (κ2) is 9.11. The lowest BCUT2D eigenvalue weighted by Crippen LogP contribution is -2.21. The molecule has 0 saturated carbocycles. The fraction of sp³-hybridized carbons (Fsp3) is 0.150. The Morgan fingerprint density at radius 2 is 1.97 bits per heavy atom. The zero-order chi connectivity index (χ0) is 21.8. The van der Waals surface area contributed by atoms with E-state index in [1.807, 2.05) is 24.3 Å². The number of methoxy groups -OCH3 is 2. The average Bonchev–Trinajstić information content (AvgIpc) is 3.46. The van der Waals surface area contributed by atoms with E-state index in [1.54, 1.807) is 36.3 Å². The molecule has 0 fully saturated rings. The van der Waals surface area contributed by atoms with Crippen molar-refractivity contribution in [1.29, 1.82) is 0 Å². The molecule has 0 atom stereocenters. The van der Waals surface area contributed by atoms with Crippen molar-refractivity contribution in [3.63, 3.8) is 0 Å². The molecular formula is C20H17ClN6O3S. The van der Waals surface area contributed by atoms with Gasteiger partial charge in [-0.2, -0.15) is 4.98 Å². The molecule has 0 aliphatic rings. The van der Waals surface area contributed by atoms with Gasteiger partial charge in [0.2, 0.25) is 5.88 Å². The Kier molecular flexibility index (Phi) is 6.10. The second-order valence-electron chi connectivity index (χ2n) is 6.27. The van der Waals surface area contributed by atoms with Crippen LogP contribution in [0.3, 0.4) is 0 Å². The molecule has 9 nitrogen and oxygen atoms in total. The Bertz CT molecular complexity index is 1210. The van der Waals surface area contributed by atoms with Crippen LogP contribution in [0.25, 0.3) is 16.8 Å². The Morgan fingerprint density at radius 1 is 1.16 bits per heavy atom. The molecule has 0 saturated heterocycles. The molecule has 11 heteroatoms. The van der Waals surface area contributed by atoms with E-state index in [0.29, 0.717) is 20.8 Å². The minimum absolute atomic E-state index is 0.202. The van der Waals surface area contributed by atoms with Gasteiger partial charge >= 0.3 is 6.01 Å². The third kappa shape index (κ3) is 4.65. The van der Waals surface area contributed by atoms with Crippen molar-refractivity contribution in [2.75, 3.05) is 14.2 Å². The molecule has 1 N–H and O–H groups in total. The van der Waals surface area contributed by atoms with Crippen molar-refractivity contribution >= 4 is 28.8 Å². The molecule has 4 rings (SSSR count). The summed E-state index contributed by atoms with van der Waals surface area (Å²) in [5.41, 5.74) is 3.06. The van der Waals surface area contributed by atoms with Gasteiger partial charge in [0.25, 0.3) is 5.91 Å². The first-order chi connectivity index (χ1) is 15.1. The topological polar surface area (TPSA) is 104 Å². The van der Waals surface area contributed by atoms with Crippen LogP contribution in [0, 0.1) is 0 Å². The van der Waals surface area contributed by atoms with Crippen molar-refractivity contribution < 1.29 is 14.3 Å². The highest BCUT2D eigenvalue weighted by Crippen LogP contribution is 2.29. The maximum atomic E-state index is 12.1. The van der Waals surface area contributed by atoms with Crippen LogP contribution in [-0.2, 0) is 6.54 Å². The van der Waals surface area contributed by atoms with E-state index in [9.17, 15) is 4.79 Å². The number of nitrogens with zero attached hydrogens (tertiary/aromatic N) is 5. The lowest BCUT2D eigenvalue weighted by Gasteiger charge is -2.09. The van der Waals surface area contributed by atoms with Crippen LogP contribution in [0.5, 0.6) is 11.9 Å². The van der Waals surface area contributed by atoms with E-state index in [4.69, 9.17) is 21.1 Å². The number of carbonyl (C=O) groups is 1. The molecular weight excluding hydrogens is 440 g/mol. The fourth-order valence-corrected chi connectivity index (χ4v) is 3.76. The fourth-order valence-electron chi connectivity index (χ4n) is 2.80. The maximum absolute atomic E-state index is 12.1. The van der Waals surface area contributed by atoms with E-state index in [0.717, 1.165) is 16.8 Å². The summed E-state index contributed by atoms with van der Waals surface area (Å²) < 4.78 is 12.6. The maximum Gasteiger partial charge on any atom is 0.319 e. The molecule has 3 aromatic heterocycles. The highest BCUT2D eigenvalue weighted by atomic mass is 35.5. The van der Waals surface area contributed by atoms with Gasteiger partial charge in [0.1, 0.15) is 5.69 Å². The largest absolute Gasteiger partial charge is 0.480 e. The molecule has 3 heterocycles. The van der Waals surface area contributed by atoms with Crippen molar-refractivity contribution in [2.24, 2.45) is 0 Å². The number of benzene rings is 1. The van der Waals surface area contributed by atoms with Gasteiger partial charge in [0.15, 0.2) is 0 Å². The molecule has 1 amide bonds. The van der Waals surface area contributed by atoms with Crippen LogP contribution < -0.4 is 14.8 Å². The smallest absolute Gasteiger partial charge is 0.319 e. The Labute approximate surface area is 186 Å². The van der Waals surface area contributed by atoms with E-state index in [-0.39, 0.29) is 18.5 Å². The average molecular weight is 457 g/mol. The third-order valence-electron chi connectivity index (χ3n) is 4.32. The van der Waals surface area contributed by atoms with E-state index in [2.05, 4.69) is 25.6 Å². The number of amides is 1. The molecule has 0 unspecified atom stereocenters. The lowest BCUT2D eigenvalue weighted by atomic mass is 10.1. The van der Waals surface area contributed by atoms with Gasteiger partial charge < -0.3 is 14.8 Å². The quantitative estimate of drug-likeness (QED) is 0.454. The standard InChI is InChI=1S/C20H17ClN6O3S/c1-29-19-15(10-23-20(24-19)30-2)12-3-5-14(6-4-12)27-11-13(25-26-27)9-22-18(28)16-7-8-17(21)31-16/h3-8,10-11H,9H2,1-2H3,(H,22,28). The molecule has 1 aromatic carbocycles. The summed E-state index contributed by atoms with van der Waals surface area (Å²) >= 11 is 7.09. The van der Waals surface area contributed by atoms with Gasteiger partial charge in [-0.25, -0.2) is 9.67 Å². The molecule has 0 spiro atoms. The zero-order valence-corrected chi connectivity index (χ0v) is 18.1. The van der Waals surface area contributed by atoms with Crippen LogP contribution in [0.1, 0.15) is 15.4 Å². The lowest BCUT2D eigenvalue weighted by molar-refractivity contribution is 0.0954. The summed E-state index contributed by atoms with van der Waals surface area (Å²) in [4.78, 5) is 21.0. The first-order valence-corrected chi connectivity index (χ1v) is 10.3. The minimum Gasteiger partial charge on any atom is -0.480 e. The first kappa shape index (κ1) is 20.8. The summed E-state index contributed by atoms with van der Waals surface area (Å²) in [7, 11) is 3.04. The Balaban J connectivity index is 1.45. The predicted octanol–water partition coefficient (Wildman–Crippen LogP) is 3.39. The van der Waals surface area contributed by atoms with Crippen LogP contribution in [0.4, 0.5) is 0 Å². The van der Waals surface area contributed by atoms with Crippen LogP contribution in [0.2, 0.25) is 4.34 Å². The van der Waals surface area contributed by atoms with Crippen molar-refractivity contribution in [3.8, 4) is 28.7 Å². The van der Waals surface area contributed by atoms with Crippen LogP contribution in [-0.4, -0.2) is 45.1 Å². The van der Waals surface area contributed by atoms with Crippen LogP contribution >= 0.6 is 22.9 Å². The Morgan fingerprint density at radius 3 is 2.65 bits per heavy atom. The summed E-state index contributed by atoms with van der Waals surface area (Å²) in [5.74, 6) is 0.219. The molecule has 158 valence electrons. The zero-order valence-electron chi connectivity index (χ0n) is 16.6. The molecule has 4 aromatic rings. The number of ether oxygens (including phenoxy) is 2. The van der Waals surface area contributed by atoms with Crippen LogP contribution in [0.15, 0.2) is 48.8 Å². The predicted molar refractivity (Wildman–Crippen MR) is 116 cm³/mol. The number of rotatable bonds is 7.